The monoisotopic (exact) mass is 405 g/mol. The summed E-state index contributed by atoms with van der Waals surface area (Å²) in [6.07, 6.45) is 0. The first-order valence-corrected chi connectivity index (χ1v) is 9.59. The van der Waals surface area contributed by atoms with Gasteiger partial charge in [-0.2, -0.15) is 0 Å². The number of hydrogen-bond donors (Lipinski definition) is 0. The Balaban J connectivity index is 2.66. The predicted molar refractivity (Wildman–Crippen MR) is 95.4 cm³/mol. The molecule has 0 radical (unpaired) electrons. The summed E-state index contributed by atoms with van der Waals surface area (Å²) in [6, 6.07) is 5.87. The van der Waals surface area contributed by atoms with Crippen LogP contribution in [0.15, 0.2) is 33.9 Å². The van der Waals surface area contributed by atoms with Gasteiger partial charge in [-0.15, -0.1) is 11.3 Å². The maximum Gasteiger partial charge on any atom is 0.326 e. The SMILES string of the molecule is COC(=O)CN(c1cc(OC)c(Cl)cc1OC)S(=O)(=O)c1cccs1. The highest BCUT2D eigenvalue weighted by molar-refractivity contribution is 7.94. The minimum atomic E-state index is -4.01. The Bertz CT molecular complexity index is 851. The Hall–Kier alpha value is -1.97. The summed E-state index contributed by atoms with van der Waals surface area (Å²) in [5, 5.41) is 1.87. The van der Waals surface area contributed by atoms with E-state index in [2.05, 4.69) is 4.74 Å². The standard InChI is InChI=1S/C15H16ClNO6S2/c1-21-12-8-11(13(22-2)7-10(12)16)17(9-14(18)23-3)25(19,20)15-5-4-6-24-15/h4-8H,9H2,1-3H3. The van der Waals surface area contributed by atoms with Crippen molar-refractivity contribution in [2.75, 3.05) is 32.2 Å². The fourth-order valence-corrected chi connectivity index (χ4v) is 4.79. The van der Waals surface area contributed by atoms with Crippen LogP contribution in [0.4, 0.5) is 5.69 Å². The van der Waals surface area contributed by atoms with Crippen molar-refractivity contribution in [2.45, 2.75) is 4.21 Å². The van der Waals surface area contributed by atoms with Crippen LogP contribution in [-0.2, 0) is 19.6 Å². The van der Waals surface area contributed by atoms with Crippen LogP contribution in [0.5, 0.6) is 11.5 Å². The average Bonchev–Trinajstić information content (AvgIpc) is 3.14. The third-order valence-electron chi connectivity index (χ3n) is 3.26. The number of hydrogen-bond acceptors (Lipinski definition) is 7. The molecule has 0 aliphatic carbocycles. The van der Waals surface area contributed by atoms with Gasteiger partial charge in [0.1, 0.15) is 22.3 Å². The first kappa shape index (κ1) is 19.4. The zero-order valence-corrected chi connectivity index (χ0v) is 16.1. The van der Waals surface area contributed by atoms with Crippen molar-refractivity contribution < 1.29 is 27.4 Å². The van der Waals surface area contributed by atoms with Gasteiger partial charge in [0.2, 0.25) is 0 Å². The molecule has 10 heteroatoms. The van der Waals surface area contributed by atoms with Crippen molar-refractivity contribution in [3.8, 4) is 11.5 Å². The molecule has 0 amide bonds. The van der Waals surface area contributed by atoms with E-state index >= 15 is 0 Å². The Morgan fingerprint density at radius 3 is 2.40 bits per heavy atom. The highest BCUT2D eigenvalue weighted by Gasteiger charge is 2.31. The summed E-state index contributed by atoms with van der Waals surface area (Å²) in [5.74, 6) is -0.306. The van der Waals surface area contributed by atoms with Crippen molar-refractivity contribution in [1.82, 2.24) is 0 Å². The van der Waals surface area contributed by atoms with Gasteiger partial charge in [0, 0.05) is 12.1 Å². The van der Waals surface area contributed by atoms with Gasteiger partial charge >= 0.3 is 5.97 Å². The van der Waals surface area contributed by atoms with E-state index in [1.54, 1.807) is 11.4 Å². The van der Waals surface area contributed by atoms with Crippen LogP contribution in [0.2, 0.25) is 5.02 Å². The van der Waals surface area contributed by atoms with Gasteiger partial charge in [-0.1, -0.05) is 17.7 Å². The second kappa shape index (κ2) is 7.94. The van der Waals surface area contributed by atoms with E-state index in [-0.39, 0.29) is 26.4 Å². The van der Waals surface area contributed by atoms with E-state index in [0.29, 0.717) is 0 Å². The normalized spacial score (nSPS) is 11.0. The molecule has 2 aromatic rings. The van der Waals surface area contributed by atoms with E-state index in [4.69, 9.17) is 21.1 Å². The van der Waals surface area contributed by atoms with Gasteiger partial charge in [-0.25, -0.2) is 8.42 Å². The van der Waals surface area contributed by atoms with Gasteiger partial charge in [-0.3, -0.25) is 9.10 Å². The number of carbonyl (C=O) groups is 1. The quantitative estimate of drug-likeness (QED) is 0.659. The summed E-state index contributed by atoms with van der Waals surface area (Å²) >= 11 is 7.10. The third kappa shape index (κ3) is 4.00. The molecule has 0 aliphatic rings. The fourth-order valence-electron chi connectivity index (χ4n) is 2.04. The minimum absolute atomic E-state index is 0.0763. The van der Waals surface area contributed by atoms with E-state index in [1.165, 1.54) is 39.5 Å². The Morgan fingerprint density at radius 1 is 1.20 bits per heavy atom. The summed E-state index contributed by atoms with van der Waals surface area (Å²) in [4.78, 5) is 11.8. The average molecular weight is 406 g/mol. The topological polar surface area (TPSA) is 82.1 Å². The number of carbonyl (C=O) groups excluding carboxylic acids is 1. The molecule has 0 fully saturated rings. The van der Waals surface area contributed by atoms with Crippen LogP contribution >= 0.6 is 22.9 Å². The number of methoxy groups -OCH3 is 3. The molecule has 0 N–H and O–H groups in total. The number of esters is 1. The number of ether oxygens (including phenoxy) is 3. The van der Waals surface area contributed by atoms with Gasteiger partial charge < -0.3 is 14.2 Å². The number of rotatable bonds is 7. The highest BCUT2D eigenvalue weighted by Crippen LogP contribution is 2.40. The zero-order valence-electron chi connectivity index (χ0n) is 13.7. The number of thiophene rings is 1. The lowest BCUT2D eigenvalue weighted by Gasteiger charge is -2.25. The largest absolute Gasteiger partial charge is 0.495 e. The minimum Gasteiger partial charge on any atom is -0.495 e. The first-order chi connectivity index (χ1) is 11.8. The Labute approximate surface area is 154 Å². The van der Waals surface area contributed by atoms with Crippen molar-refractivity contribution in [2.24, 2.45) is 0 Å². The zero-order chi connectivity index (χ0) is 18.6. The lowest BCUT2D eigenvalue weighted by molar-refractivity contribution is -0.138. The molecule has 25 heavy (non-hydrogen) atoms. The van der Waals surface area contributed by atoms with Crippen LogP contribution < -0.4 is 13.8 Å². The number of anilines is 1. The number of nitrogens with zero attached hydrogens (tertiary/aromatic N) is 1. The second-order valence-corrected chi connectivity index (χ2v) is 8.12. The molecule has 0 saturated heterocycles. The van der Waals surface area contributed by atoms with Crippen LogP contribution in [-0.4, -0.2) is 42.3 Å². The third-order valence-corrected chi connectivity index (χ3v) is 6.69. The number of sulfonamides is 1. The summed E-state index contributed by atoms with van der Waals surface area (Å²) < 4.78 is 42.0. The van der Waals surface area contributed by atoms with E-state index in [1.807, 2.05) is 0 Å². The van der Waals surface area contributed by atoms with Crippen LogP contribution in [0.25, 0.3) is 0 Å². The fraction of sp³-hybridized carbons (Fsp3) is 0.267. The molecule has 136 valence electrons. The van der Waals surface area contributed by atoms with E-state index < -0.39 is 22.5 Å². The van der Waals surface area contributed by atoms with Gasteiger partial charge in [0.25, 0.3) is 10.0 Å². The Kier molecular flexibility index (Phi) is 6.15. The molecular weight excluding hydrogens is 390 g/mol. The lowest BCUT2D eigenvalue weighted by Crippen LogP contribution is -2.36. The molecule has 0 bridgehead atoms. The molecular formula is C15H16ClNO6S2. The summed E-state index contributed by atoms with van der Waals surface area (Å²) in [7, 11) is -0.0660. The molecule has 0 aliphatic heterocycles. The maximum absolute atomic E-state index is 13.0. The number of halogens is 1. The molecule has 0 saturated carbocycles. The lowest BCUT2D eigenvalue weighted by atomic mass is 10.2. The van der Waals surface area contributed by atoms with E-state index in [0.717, 1.165) is 15.6 Å². The van der Waals surface area contributed by atoms with Crippen molar-refractivity contribution >= 4 is 44.6 Å². The van der Waals surface area contributed by atoms with E-state index in [9.17, 15) is 13.2 Å². The molecule has 2 rings (SSSR count). The maximum atomic E-state index is 13.0. The smallest absolute Gasteiger partial charge is 0.326 e. The van der Waals surface area contributed by atoms with Crippen molar-refractivity contribution in [3.63, 3.8) is 0 Å². The first-order valence-electron chi connectivity index (χ1n) is 6.89. The van der Waals surface area contributed by atoms with Crippen LogP contribution in [0, 0.1) is 0 Å². The van der Waals surface area contributed by atoms with Gasteiger partial charge in [0.15, 0.2) is 0 Å². The molecule has 0 unspecified atom stereocenters. The molecule has 1 aromatic carbocycles. The molecule has 1 aromatic heterocycles. The Morgan fingerprint density at radius 2 is 1.88 bits per heavy atom. The molecule has 0 atom stereocenters. The van der Waals surface area contributed by atoms with Crippen LogP contribution in [0.1, 0.15) is 0 Å². The molecule has 0 spiro atoms. The summed E-state index contributed by atoms with van der Waals surface area (Å²) in [5.41, 5.74) is 0.113. The summed E-state index contributed by atoms with van der Waals surface area (Å²) in [6.45, 7) is -0.530. The predicted octanol–water partition coefficient (Wildman–Crippen LogP) is 2.79. The molecule has 7 nitrogen and oxygen atoms in total. The second-order valence-electron chi connectivity index (χ2n) is 4.68. The molecule has 1 heterocycles. The van der Waals surface area contributed by atoms with Crippen LogP contribution in [0.3, 0.4) is 0 Å². The van der Waals surface area contributed by atoms with Crippen molar-refractivity contribution in [3.05, 3.63) is 34.7 Å². The van der Waals surface area contributed by atoms with Gasteiger partial charge in [0.05, 0.1) is 32.0 Å². The van der Waals surface area contributed by atoms with Gasteiger partial charge in [-0.05, 0) is 11.4 Å². The number of benzene rings is 1. The van der Waals surface area contributed by atoms with Crippen molar-refractivity contribution in [1.29, 1.82) is 0 Å². The highest BCUT2D eigenvalue weighted by atomic mass is 35.5.